The monoisotopic (exact) mass is 485 g/mol. The Morgan fingerprint density at radius 2 is 1.85 bits per heavy atom. The zero-order valence-corrected chi connectivity index (χ0v) is 16.7. The molecule has 142 valence electrons. The predicted octanol–water partition coefficient (Wildman–Crippen LogP) is 2.93. The van der Waals surface area contributed by atoms with Crippen LogP contribution < -0.4 is 20.2 Å². The fourth-order valence-corrected chi connectivity index (χ4v) is 2.96. The van der Waals surface area contributed by atoms with Gasteiger partial charge in [0.2, 0.25) is 11.8 Å². The minimum Gasteiger partial charge on any atom is -0.493 e. The molecule has 0 aliphatic rings. The Morgan fingerprint density at radius 3 is 2.48 bits per heavy atom. The van der Waals surface area contributed by atoms with E-state index in [-0.39, 0.29) is 0 Å². The number of ether oxygens (including phenoxy) is 2. The van der Waals surface area contributed by atoms with Gasteiger partial charge in [-0.05, 0) is 64.6 Å². The largest absolute Gasteiger partial charge is 0.493 e. The average Bonchev–Trinajstić information content (AvgIpc) is 2.63. The van der Waals surface area contributed by atoms with Gasteiger partial charge >= 0.3 is 0 Å². The molecule has 0 atom stereocenters. The van der Waals surface area contributed by atoms with Gasteiger partial charge in [0.25, 0.3) is 0 Å². The molecule has 0 aliphatic heterocycles. The molecule has 9 heteroatoms. The Labute approximate surface area is 169 Å². The van der Waals surface area contributed by atoms with Crippen molar-refractivity contribution in [3.8, 4) is 11.5 Å². The molecule has 2 aromatic rings. The molecular formula is C18H17FIN3O4. The summed E-state index contributed by atoms with van der Waals surface area (Å²) in [6.45, 7) is 0. The maximum atomic E-state index is 12.8. The predicted molar refractivity (Wildman–Crippen MR) is 108 cm³/mol. The van der Waals surface area contributed by atoms with Gasteiger partial charge in [0.1, 0.15) is 12.2 Å². The number of carbonyl (C=O) groups excluding carboxylic acids is 2. The molecule has 0 aliphatic carbocycles. The second-order valence-corrected chi connectivity index (χ2v) is 6.43. The summed E-state index contributed by atoms with van der Waals surface area (Å²) in [5, 5.41) is 6.33. The second-order valence-electron chi connectivity index (χ2n) is 5.26. The fraction of sp³-hybridized carbons (Fsp3) is 0.167. The van der Waals surface area contributed by atoms with E-state index < -0.39 is 24.1 Å². The number of amides is 2. The molecule has 7 nitrogen and oxygen atoms in total. The van der Waals surface area contributed by atoms with Gasteiger partial charge in [-0.3, -0.25) is 9.59 Å². The number of nitrogens with one attached hydrogen (secondary N) is 2. The van der Waals surface area contributed by atoms with Crippen molar-refractivity contribution < 1.29 is 23.5 Å². The number of hydrazone groups is 1. The van der Waals surface area contributed by atoms with Crippen molar-refractivity contribution in [3.05, 3.63) is 51.3 Å². The summed E-state index contributed by atoms with van der Waals surface area (Å²) in [5.74, 6) is -0.381. The van der Waals surface area contributed by atoms with Gasteiger partial charge in [-0.15, -0.1) is 0 Å². The molecule has 0 spiro atoms. The number of methoxy groups -OCH3 is 2. The fourth-order valence-electron chi connectivity index (χ4n) is 2.11. The molecule has 0 saturated heterocycles. The van der Waals surface area contributed by atoms with Crippen LogP contribution in [-0.4, -0.2) is 32.2 Å². The normalized spacial score (nSPS) is 10.5. The second kappa shape index (κ2) is 9.86. The highest BCUT2D eigenvalue weighted by Crippen LogP contribution is 2.32. The smallest absolute Gasteiger partial charge is 0.249 e. The molecule has 0 fully saturated rings. The molecule has 2 N–H and O–H groups in total. The lowest BCUT2D eigenvalue weighted by atomic mass is 10.2. The number of halogens is 2. The number of anilines is 1. The molecule has 2 amide bonds. The van der Waals surface area contributed by atoms with Gasteiger partial charge in [-0.25, -0.2) is 9.82 Å². The van der Waals surface area contributed by atoms with Crippen LogP contribution in [0.1, 0.15) is 12.0 Å². The van der Waals surface area contributed by atoms with Gasteiger partial charge < -0.3 is 14.8 Å². The summed E-state index contributed by atoms with van der Waals surface area (Å²) in [5.41, 5.74) is 3.37. The Balaban J connectivity index is 1.90. The number of benzene rings is 2. The van der Waals surface area contributed by atoms with Crippen LogP contribution in [0.25, 0.3) is 0 Å². The van der Waals surface area contributed by atoms with Crippen LogP contribution >= 0.6 is 22.6 Å². The molecular weight excluding hydrogens is 468 g/mol. The van der Waals surface area contributed by atoms with Crippen molar-refractivity contribution >= 4 is 46.3 Å². The van der Waals surface area contributed by atoms with Crippen molar-refractivity contribution in [2.45, 2.75) is 6.42 Å². The lowest BCUT2D eigenvalue weighted by Gasteiger charge is -2.10. The van der Waals surface area contributed by atoms with Crippen LogP contribution in [0, 0.1) is 9.39 Å². The van der Waals surface area contributed by atoms with E-state index in [1.807, 2.05) is 0 Å². The standard InChI is InChI=1S/C18H17FIN3O4/c1-26-15-8-11(7-14(20)18(15)27-2)10-21-23-17(25)9-16(24)22-13-5-3-12(19)4-6-13/h3-8,10H,9H2,1-2H3,(H,22,24)(H,23,25). The highest BCUT2D eigenvalue weighted by Gasteiger charge is 2.11. The Bertz CT molecular complexity index is 856. The van der Waals surface area contributed by atoms with E-state index in [0.717, 1.165) is 3.57 Å². The molecule has 0 aromatic heterocycles. The Morgan fingerprint density at radius 1 is 1.15 bits per heavy atom. The van der Waals surface area contributed by atoms with Crippen molar-refractivity contribution in [3.63, 3.8) is 0 Å². The third-order valence-corrected chi connectivity index (χ3v) is 4.11. The first-order valence-corrected chi connectivity index (χ1v) is 8.79. The van der Waals surface area contributed by atoms with E-state index in [0.29, 0.717) is 22.7 Å². The summed E-state index contributed by atoms with van der Waals surface area (Å²) < 4.78 is 24.1. The van der Waals surface area contributed by atoms with E-state index in [9.17, 15) is 14.0 Å². The zero-order chi connectivity index (χ0) is 19.8. The highest BCUT2D eigenvalue weighted by molar-refractivity contribution is 14.1. The number of hydrogen-bond donors (Lipinski definition) is 2. The molecule has 2 rings (SSSR count). The lowest BCUT2D eigenvalue weighted by Crippen LogP contribution is -2.24. The minimum atomic E-state index is -0.582. The van der Waals surface area contributed by atoms with Crippen molar-refractivity contribution in [1.29, 1.82) is 0 Å². The molecule has 0 saturated carbocycles. The quantitative estimate of drug-likeness (QED) is 0.273. The zero-order valence-electron chi connectivity index (χ0n) is 14.6. The maximum absolute atomic E-state index is 12.8. The van der Waals surface area contributed by atoms with Crippen LogP contribution in [-0.2, 0) is 9.59 Å². The van der Waals surface area contributed by atoms with Crippen LogP contribution in [0.3, 0.4) is 0 Å². The molecule has 0 radical (unpaired) electrons. The Hall–Kier alpha value is -2.69. The van der Waals surface area contributed by atoms with Gasteiger partial charge in [0.15, 0.2) is 11.5 Å². The SMILES string of the molecule is COc1cc(C=NNC(=O)CC(=O)Nc2ccc(F)cc2)cc(I)c1OC. The van der Waals surface area contributed by atoms with E-state index in [1.165, 1.54) is 37.6 Å². The summed E-state index contributed by atoms with van der Waals surface area (Å²) in [4.78, 5) is 23.6. The number of rotatable bonds is 7. The third kappa shape index (κ3) is 6.20. The van der Waals surface area contributed by atoms with E-state index >= 15 is 0 Å². The topological polar surface area (TPSA) is 89.0 Å². The average molecular weight is 485 g/mol. The van der Waals surface area contributed by atoms with E-state index in [4.69, 9.17) is 9.47 Å². The van der Waals surface area contributed by atoms with Crippen molar-refractivity contribution in [2.75, 3.05) is 19.5 Å². The number of nitrogens with zero attached hydrogens (tertiary/aromatic N) is 1. The summed E-state index contributed by atoms with van der Waals surface area (Å²) in [7, 11) is 3.07. The first-order valence-electron chi connectivity index (χ1n) is 7.71. The van der Waals surface area contributed by atoms with Gasteiger partial charge in [-0.1, -0.05) is 0 Å². The molecule has 27 heavy (non-hydrogen) atoms. The summed E-state index contributed by atoms with van der Waals surface area (Å²) in [6.07, 6.45) is 1.01. The molecule has 0 bridgehead atoms. The first kappa shape index (κ1) is 20.6. The Kier molecular flexibility index (Phi) is 7.53. The van der Waals surface area contributed by atoms with Crippen LogP contribution in [0.4, 0.5) is 10.1 Å². The maximum Gasteiger partial charge on any atom is 0.249 e. The van der Waals surface area contributed by atoms with Crippen molar-refractivity contribution in [1.82, 2.24) is 5.43 Å². The molecule has 0 unspecified atom stereocenters. The molecule has 0 heterocycles. The third-order valence-electron chi connectivity index (χ3n) is 3.31. The van der Waals surface area contributed by atoms with E-state index in [1.54, 1.807) is 19.2 Å². The van der Waals surface area contributed by atoms with E-state index in [2.05, 4.69) is 38.4 Å². The van der Waals surface area contributed by atoms with Crippen LogP contribution in [0.15, 0.2) is 41.5 Å². The van der Waals surface area contributed by atoms with Crippen LogP contribution in [0.5, 0.6) is 11.5 Å². The molecule has 2 aromatic carbocycles. The first-order chi connectivity index (χ1) is 12.9. The lowest BCUT2D eigenvalue weighted by molar-refractivity contribution is -0.126. The minimum absolute atomic E-state index is 0.401. The number of hydrogen-bond acceptors (Lipinski definition) is 5. The van der Waals surface area contributed by atoms with Gasteiger partial charge in [-0.2, -0.15) is 5.10 Å². The number of carbonyl (C=O) groups is 2. The van der Waals surface area contributed by atoms with Gasteiger partial charge in [0.05, 0.1) is 24.0 Å². The summed E-state index contributed by atoms with van der Waals surface area (Å²) >= 11 is 2.10. The summed E-state index contributed by atoms with van der Waals surface area (Å²) in [6, 6.07) is 8.75. The van der Waals surface area contributed by atoms with Gasteiger partial charge in [0, 0.05) is 5.69 Å². The van der Waals surface area contributed by atoms with Crippen LogP contribution in [0.2, 0.25) is 0 Å². The van der Waals surface area contributed by atoms with Crippen molar-refractivity contribution in [2.24, 2.45) is 5.10 Å². The highest BCUT2D eigenvalue weighted by atomic mass is 127.